The summed E-state index contributed by atoms with van der Waals surface area (Å²) >= 11 is 1.06. The van der Waals surface area contributed by atoms with Crippen LogP contribution in [0.3, 0.4) is 0 Å². The number of alkyl halides is 6. The van der Waals surface area contributed by atoms with Gasteiger partial charge in [0.15, 0.2) is 17.1 Å². The van der Waals surface area contributed by atoms with Crippen LogP contribution in [0.4, 0.5) is 26.3 Å². The standard InChI is InChI=1S/C22H11F6N5OS/c23-21(24,25)6-5-20(32-15(9-29)16(10-30)33-20)13-3-1-11(7-17(13)34)19-31-14-8-12(22(26,27)28)2-4-18(14)35-19/h1-4,7-8,34H,5-6H2. The molecule has 3 aromatic rings. The molecule has 178 valence electrons. The largest absolute Gasteiger partial charge is 0.507 e. The zero-order chi connectivity index (χ0) is 25.6. The van der Waals surface area contributed by atoms with Crippen molar-refractivity contribution in [3.63, 3.8) is 0 Å². The van der Waals surface area contributed by atoms with E-state index in [1.54, 1.807) is 12.1 Å². The highest BCUT2D eigenvalue weighted by Gasteiger charge is 2.43. The molecule has 0 radical (unpaired) electrons. The number of fused-ring (bicyclic) bond motifs is 1. The van der Waals surface area contributed by atoms with Gasteiger partial charge in [0.1, 0.15) is 22.9 Å². The first kappa shape index (κ1) is 24.2. The lowest BCUT2D eigenvalue weighted by Gasteiger charge is -2.25. The highest BCUT2D eigenvalue weighted by Crippen LogP contribution is 2.45. The molecule has 1 N–H and O–H groups in total. The topological polar surface area (TPSA) is 105 Å². The smallest absolute Gasteiger partial charge is 0.416 e. The second-order valence-electron chi connectivity index (χ2n) is 7.51. The molecule has 0 unspecified atom stereocenters. The van der Waals surface area contributed by atoms with E-state index >= 15 is 0 Å². The van der Waals surface area contributed by atoms with Crippen LogP contribution in [-0.2, 0) is 11.8 Å². The Kier molecular flexibility index (Phi) is 5.77. The maximum Gasteiger partial charge on any atom is 0.416 e. The number of nitrogens with zero attached hydrogens (tertiary/aromatic N) is 5. The van der Waals surface area contributed by atoms with E-state index in [0.717, 1.165) is 23.5 Å². The molecule has 35 heavy (non-hydrogen) atoms. The Balaban J connectivity index is 1.77. The average Bonchev–Trinajstić information content (AvgIpc) is 3.38. The van der Waals surface area contributed by atoms with Crippen molar-refractivity contribution in [3.05, 3.63) is 47.5 Å². The van der Waals surface area contributed by atoms with Crippen LogP contribution >= 0.6 is 11.3 Å². The summed E-state index contributed by atoms with van der Waals surface area (Å²) in [4.78, 5) is 12.1. The maximum atomic E-state index is 13.0. The van der Waals surface area contributed by atoms with Gasteiger partial charge in [0, 0.05) is 24.0 Å². The fourth-order valence-electron chi connectivity index (χ4n) is 3.57. The summed E-state index contributed by atoms with van der Waals surface area (Å²) in [6.45, 7) is 0. The lowest BCUT2D eigenvalue weighted by atomic mass is 9.93. The van der Waals surface area contributed by atoms with Gasteiger partial charge in [-0.2, -0.15) is 36.9 Å². The van der Waals surface area contributed by atoms with Crippen LogP contribution < -0.4 is 0 Å². The average molecular weight is 507 g/mol. The molecule has 1 aliphatic heterocycles. The summed E-state index contributed by atoms with van der Waals surface area (Å²) < 4.78 is 78.3. The molecule has 0 saturated carbocycles. The fraction of sp³-hybridized carbons (Fsp3) is 0.227. The molecular formula is C22H11F6N5OS. The third kappa shape index (κ3) is 4.68. The Bertz CT molecular complexity index is 1440. The van der Waals surface area contributed by atoms with Crippen LogP contribution in [0.1, 0.15) is 24.0 Å². The van der Waals surface area contributed by atoms with Crippen LogP contribution in [0.15, 0.2) is 46.4 Å². The fourth-order valence-corrected chi connectivity index (χ4v) is 4.51. The molecule has 0 bridgehead atoms. The third-order valence-electron chi connectivity index (χ3n) is 5.18. The third-order valence-corrected chi connectivity index (χ3v) is 6.26. The van der Waals surface area contributed by atoms with Gasteiger partial charge in [-0.15, -0.1) is 11.3 Å². The number of phenolic OH excluding ortho intramolecular Hbond substituents is 1. The van der Waals surface area contributed by atoms with Gasteiger partial charge < -0.3 is 5.11 Å². The van der Waals surface area contributed by atoms with Crippen molar-refractivity contribution < 1.29 is 31.4 Å². The lowest BCUT2D eigenvalue weighted by Crippen LogP contribution is -2.23. The Labute approximate surface area is 197 Å². The number of halogens is 6. The van der Waals surface area contributed by atoms with E-state index in [-0.39, 0.29) is 16.1 Å². The highest BCUT2D eigenvalue weighted by atomic mass is 32.1. The molecule has 4 rings (SSSR count). The minimum Gasteiger partial charge on any atom is -0.507 e. The van der Waals surface area contributed by atoms with Gasteiger partial charge in [-0.05, 0) is 24.3 Å². The SMILES string of the molecule is N#CC1=NC(CCC(F)(F)F)(c2ccc(-c3nc4cc(C(F)(F)F)ccc4s3)cc2O)N=C1C#N. The quantitative estimate of drug-likeness (QED) is 0.429. The summed E-state index contributed by atoms with van der Waals surface area (Å²) in [6.07, 6.45) is -11.2. The van der Waals surface area contributed by atoms with Gasteiger partial charge in [-0.1, -0.05) is 12.1 Å². The molecule has 6 nitrogen and oxygen atoms in total. The van der Waals surface area contributed by atoms with Gasteiger partial charge in [0.2, 0.25) is 0 Å². The van der Waals surface area contributed by atoms with E-state index in [2.05, 4.69) is 15.0 Å². The summed E-state index contributed by atoms with van der Waals surface area (Å²) in [6, 6.07) is 10.1. The molecule has 0 saturated heterocycles. The first-order valence-electron chi connectivity index (χ1n) is 9.74. The Morgan fingerprint density at radius 2 is 1.60 bits per heavy atom. The van der Waals surface area contributed by atoms with Gasteiger partial charge in [0.05, 0.1) is 15.8 Å². The number of phenols is 1. The van der Waals surface area contributed by atoms with Crippen molar-refractivity contribution in [3.8, 4) is 28.5 Å². The molecule has 0 fully saturated rings. The number of rotatable bonds is 4. The van der Waals surface area contributed by atoms with E-state index in [0.29, 0.717) is 10.3 Å². The van der Waals surface area contributed by atoms with Gasteiger partial charge in [-0.3, -0.25) is 0 Å². The molecule has 13 heteroatoms. The summed E-state index contributed by atoms with van der Waals surface area (Å²) in [7, 11) is 0. The molecular weight excluding hydrogens is 496 g/mol. The molecule has 1 aliphatic rings. The number of aromatic hydroxyl groups is 1. The number of thiazole rings is 1. The highest BCUT2D eigenvalue weighted by molar-refractivity contribution is 7.21. The van der Waals surface area contributed by atoms with E-state index in [4.69, 9.17) is 0 Å². The first-order valence-corrected chi connectivity index (χ1v) is 10.6. The number of hydrogen-bond donors (Lipinski definition) is 1. The van der Waals surface area contributed by atoms with Crippen molar-refractivity contribution in [1.29, 1.82) is 10.5 Å². The molecule has 2 aromatic carbocycles. The van der Waals surface area contributed by atoms with E-state index in [9.17, 15) is 42.0 Å². The van der Waals surface area contributed by atoms with Crippen LogP contribution in [0, 0.1) is 22.7 Å². The number of aromatic nitrogens is 1. The predicted molar refractivity (Wildman–Crippen MR) is 115 cm³/mol. The molecule has 0 amide bonds. The number of hydrogen-bond acceptors (Lipinski definition) is 7. The monoisotopic (exact) mass is 507 g/mol. The van der Waals surface area contributed by atoms with E-state index < -0.39 is 53.6 Å². The second kappa shape index (κ2) is 8.36. The Hall–Kier alpha value is -3.97. The number of aliphatic imine (C=N–C) groups is 2. The van der Waals surface area contributed by atoms with Crippen molar-refractivity contribution in [1.82, 2.24) is 4.98 Å². The maximum absolute atomic E-state index is 13.0. The number of nitriles is 2. The summed E-state index contributed by atoms with van der Waals surface area (Å²) in [5.41, 5.74) is -3.60. The van der Waals surface area contributed by atoms with Gasteiger partial charge >= 0.3 is 12.4 Å². The zero-order valence-corrected chi connectivity index (χ0v) is 18.1. The molecule has 1 aromatic heterocycles. The molecule has 2 heterocycles. The summed E-state index contributed by atoms with van der Waals surface area (Å²) in [5, 5.41) is 29.4. The van der Waals surface area contributed by atoms with Crippen LogP contribution in [-0.4, -0.2) is 27.7 Å². The van der Waals surface area contributed by atoms with Crippen LogP contribution in [0.25, 0.3) is 20.8 Å². The second-order valence-corrected chi connectivity index (χ2v) is 8.54. The molecule has 0 aliphatic carbocycles. The van der Waals surface area contributed by atoms with Crippen molar-refractivity contribution >= 4 is 33.0 Å². The van der Waals surface area contributed by atoms with Crippen molar-refractivity contribution in [2.24, 2.45) is 9.98 Å². The lowest BCUT2D eigenvalue weighted by molar-refractivity contribution is -0.138. The van der Waals surface area contributed by atoms with E-state index in [1.807, 2.05) is 0 Å². The van der Waals surface area contributed by atoms with Gasteiger partial charge in [-0.25, -0.2) is 15.0 Å². The summed E-state index contributed by atoms with van der Waals surface area (Å²) in [5.74, 6) is -0.524. The van der Waals surface area contributed by atoms with Crippen LogP contribution in [0.5, 0.6) is 5.75 Å². The first-order chi connectivity index (χ1) is 16.3. The van der Waals surface area contributed by atoms with Crippen molar-refractivity contribution in [2.45, 2.75) is 30.9 Å². The minimum atomic E-state index is -4.59. The van der Waals surface area contributed by atoms with Gasteiger partial charge in [0.25, 0.3) is 0 Å². The molecule has 0 spiro atoms. The minimum absolute atomic E-state index is 0.0901. The normalized spacial score (nSPS) is 15.4. The Morgan fingerprint density at radius 1 is 0.943 bits per heavy atom. The predicted octanol–water partition coefficient (Wildman–Crippen LogP) is 6.13. The van der Waals surface area contributed by atoms with E-state index in [1.165, 1.54) is 24.3 Å². The molecule has 0 atom stereocenters. The van der Waals surface area contributed by atoms with Crippen molar-refractivity contribution in [2.75, 3.05) is 0 Å². The Morgan fingerprint density at radius 3 is 2.14 bits per heavy atom. The van der Waals surface area contributed by atoms with Crippen LogP contribution in [0.2, 0.25) is 0 Å². The number of benzene rings is 2. The zero-order valence-electron chi connectivity index (χ0n) is 17.2.